The Bertz CT molecular complexity index is 1130. The SMILES string of the molecule is Cc1[nH]c2ccccc2c1C(=O)[C@H](C)Sc1nnc(C[C@H]2CCS(=O)(=O)C2)o1. The Morgan fingerprint density at radius 3 is 2.89 bits per heavy atom. The predicted molar refractivity (Wildman–Crippen MR) is 107 cm³/mol. The number of Topliss-reactive ketones (excluding diaryl/α,β-unsaturated/α-hetero) is 1. The maximum atomic E-state index is 13.0. The zero-order chi connectivity index (χ0) is 19.9. The first kappa shape index (κ1) is 19.2. The van der Waals surface area contributed by atoms with Crippen LogP contribution in [0.25, 0.3) is 10.9 Å². The second-order valence-corrected chi connectivity index (χ2v) is 10.8. The lowest BCUT2D eigenvalue weighted by Gasteiger charge is -2.08. The van der Waals surface area contributed by atoms with E-state index < -0.39 is 15.1 Å². The number of fused-ring (bicyclic) bond motifs is 1. The van der Waals surface area contributed by atoms with Crippen LogP contribution in [0.15, 0.2) is 33.9 Å². The molecule has 1 aromatic carbocycles. The Morgan fingerprint density at radius 2 is 2.14 bits per heavy atom. The fraction of sp³-hybridized carbons (Fsp3) is 0.421. The van der Waals surface area contributed by atoms with Crippen LogP contribution in [0.5, 0.6) is 0 Å². The van der Waals surface area contributed by atoms with Gasteiger partial charge in [-0.2, -0.15) is 0 Å². The van der Waals surface area contributed by atoms with Crippen molar-refractivity contribution in [3.63, 3.8) is 0 Å². The van der Waals surface area contributed by atoms with Crippen molar-refractivity contribution in [2.45, 2.75) is 37.2 Å². The second kappa shape index (κ2) is 7.36. The maximum Gasteiger partial charge on any atom is 0.277 e. The molecule has 1 saturated heterocycles. The van der Waals surface area contributed by atoms with Crippen molar-refractivity contribution in [2.75, 3.05) is 11.5 Å². The molecule has 2 atom stereocenters. The van der Waals surface area contributed by atoms with Gasteiger partial charge in [-0.05, 0) is 32.3 Å². The van der Waals surface area contributed by atoms with Gasteiger partial charge in [0.2, 0.25) is 5.89 Å². The number of carbonyl (C=O) groups excluding carboxylic acids is 1. The number of hydrogen-bond acceptors (Lipinski definition) is 7. The number of thioether (sulfide) groups is 1. The molecule has 3 heterocycles. The van der Waals surface area contributed by atoms with E-state index in [1.165, 1.54) is 11.8 Å². The Morgan fingerprint density at radius 1 is 1.36 bits per heavy atom. The number of aromatic amines is 1. The smallest absolute Gasteiger partial charge is 0.277 e. The van der Waals surface area contributed by atoms with Crippen molar-refractivity contribution in [3.05, 3.63) is 41.4 Å². The Kier molecular flexibility index (Phi) is 5.05. The highest BCUT2D eigenvalue weighted by atomic mass is 32.2. The number of ketones is 1. The summed E-state index contributed by atoms with van der Waals surface area (Å²) in [5.74, 6) is 0.848. The molecule has 4 rings (SSSR count). The molecule has 0 bridgehead atoms. The fourth-order valence-corrected chi connectivity index (χ4v) is 6.27. The van der Waals surface area contributed by atoms with E-state index in [2.05, 4.69) is 15.2 Å². The third-order valence-electron chi connectivity index (χ3n) is 5.03. The molecular weight excluding hydrogens is 398 g/mol. The molecular formula is C19H21N3O4S2. The summed E-state index contributed by atoms with van der Waals surface area (Å²) in [7, 11) is -2.93. The lowest BCUT2D eigenvalue weighted by molar-refractivity contribution is 0.0994. The first-order chi connectivity index (χ1) is 13.3. The van der Waals surface area contributed by atoms with E-state index in [9.17, 15) is 13.2 Å². The first-order valence-electron chi connectivity index (χ1n) is 9.13. The fourth-order valence-electron chi connectivity index (χ4n) is 3.65. The minimum absolute atomic E-state index is 0.00147. The highest BCUT2D eigenvalue weighted by molar-refractivity contribution is 8.00. The summed E-state index contributed by atoms with van der Waals surface area (Å²) in [6.45, 7) is 3.71. The molecule has 0 unspecified atom stereocenters. The van der Waals surface area contributed by atoms with Crippen LogP contribution in [0.3, 0.4) is 0 Å². The lowest BCUT2D eigenvalue weighted by Crippen LogP contribution is -2.14. The van der Waals surface area contributed by atoms with Crippen molar-refractivity contribution in [1.29, 1.82) is 0 Å². The van der Waals surface area contributed by atoms with E-state index in [1.54, 1.807) is 0 Å². The number of para-hydroxylation sites is 1. The van der Waals surface area contributed by atoms with Crippen molar-refractivity contribution in [1.82, 2.24) is 15.2 Å². The van der Waals surface area contributed by atoms with Gasteiger partial charge in [-0.3, -0.25) is 4.79 Å². The minimum Gasteiger partial charge on any atom is -0.416 e. The van der Waals surface area contributed by atoms with Crippen molar-refractivity contribution < 1.29 is 17.6 Å². The Labute approximate surface area is 167 Å². The van der Waals surface area contributed by atoms with E-state index in [0.29, 0.717) is 29.5 Å². The number of aromatic nitrogens is 3. The van der Waals surface area contributed by atoms with Gasteiger partial charge in [-0.25, -0.2) is 8.42 Å². The van der Waals surface area contributed by atoms with Crippen LogP contribution in [0.2, 0.25) is 0 Å². The third kappa shape index (κ3) is 3.86. The van der Waals surface area contributed by atoms with Gasteiger partial charge in [0, 0.05) is 28.6 Å². The number of benzene rings is 1. The molecule has 0 saturated carbocycles. The molecule has 1 aliphatic heterocycles. The van der Waals surface area contributed by atoms with Crippen LogP contribution in [-0.2, 0) is 16.3 Å². The molecule has 28 heavy (non-hydrogen) atoms. The second-order valence-electron chi connectivity index (χ2n) is 7.23. The van der Waals surface area contributed by atoms with Gasteiger partial charge in [-0.15, -0.1) is 10.2 Å². The molecule has 1 N–H and O–H groups in total. The van der Waals surface area contributed by atoms with Gasteiger partial charge in [0.05, 0.1) is 16.8 Å². The molecule has 0 amide bonds. The monoisotopic (exact) mass is 419 g/mol. The molecule has 3 aromatic rings. The number of nitrogens with one attached hydrogen (secondary N) is 1. The molecule has 1 fully saturated rings. The highest BCUT2D eigenvalue weighted by Crippen LogP contribution is 2.30. The average molecular weight is 420 g/mol. The van der Waals surface area contributed by atoms with E-state index in [1.807, 2.05) is 38.1 Å². The van der Waals surface area contributed by atoms with Crippen LogP contribution in [0, 0.1) is 12.8 Å². The quantitative estimate of drug-likeness (QED) is 0.483. The zero-order valence-corrected chi connectivity index (χ0v) is 17.3. The minimum atomic E-state index is -2.93. The molecule has 0 aliphatic carbocycles. The molecule has 9 heteroatoms. The van der Waals surface area contributed by atoms with Gasteiger partial charge in [0.15, 0.2) is 15.6 Å². The number of nitrogens with zero attached hydrogens (tertiary/aromatic N) is 2. The number of sulfone groups is 1. The standard InChI is InChI=1S/C19H21N3O4S2/c1-11-17(14-5-3-4-6-15(14)20-11)18(23)12(2)27-19-22-21-16(26-19)9-13-7-8-28(24,25)10-13/h3-6,12-13,20H,7-10H2,1-2H3/t12-,13+/m0/s1. The van der Waals surface area contributed by atoms with E-state index in [4.69, 9.17) is 4.42 Å². The summed E-state index contributed by atoms with van der Waals surface area (Å²) in [4.78, 5) is 16.3. The third-order valence-corrected chi connectivity index (χ3v) is 7.80. The molecule has 0 radical (unpaired) electrons. The van der Waals surface area contributed by atoms with E-state index in [0.717, 1.165) is 16.6 Å². The van der Waals surface area contributed by atoms with Crippen molar-refractivity contribution >= 4 is 38.3 Å². The first-order valence-corrected chi connectivity index (χ1v) is 11.8. The topological polar surface area (TPSA) is 106 Å². The largest absolute Gasteiger partial charge is 0.416 e. The maximum absolute atomic E-state index is 13.0. The van der Waals surface area contributed by atoms with Crippen LogP contribution < -0.4 is 0 Å². The normalized spacial score (nSPS) is 19.9. The summed E-state index contributed by atoms with van der Waals surface area (Å²) >= 11 is 1.22. The summed E-state index contributed by atoms with van der Waals surface area (Å²) in [5, 5.41) is 8.89. The summed E-state index contributed by atoms with van der Waals surface area (Å²) in [6.07, 6.45) is 1.08. The molecule has 1 aliphatic rings. The summed E-state index contributed by atoms with van der Waals surface area (Å²) in [6, 6.07) is 7.73. The Balaban J connectivity index is 1.45. The highest BCUT2D eigenvalue weighted by Gasteiger charge is 2.30. The van der Waals surface area contributed by atoms with Gasteiger partial charge in [0.25, 0.3) is 5.22 Å². The van der Waals surface area contributed by atoms with Gasteiger partial charge in [-0.1, -0.05) is 30.0 Å². The average Bonchev–Trinajstić information content (AvgIpc) is 3.31. The van der Waals surface area contributed by atoms with Gasteiger partial charge >= 0.3 is 0 Å². The lowest BCUT2D eigenvalue weighted by atomic mass is 10.1. The number of hydrogen-bond donors (Lipinski definition) is 1. The number of H-pyrrole nitrogens is 1. The van der Waals surface area contributed by atoms with E-state index >= 15 is 0 Å². The molecule has 148 valence electrons. The number of rotatable bonds is 6. The van der Waals surface area contributed by atoms with Gasteiger partial charge in [0.1, 0.15) is 0 Å². The van der Waals surface area contributed by atoms with Crippen molar-refractivity contribution in [3.8, 4) is 0 Å². The van der Waals surface area contributed by atoms with Gasteiger partial charge < -0.3 is 9.40 Å². The number of aryl methyl sites for hydroxylation is 1. The number of carbonyl (C=O) groups is 1. The van der Waals surface area contributed by atoms with Crippen LogP contribution in [0.4, 0.5) is 0 Å². The van der Waals surface area contributed by atoms with Crippen LogP contribution >= 0.6 is 11.8 Å². The predicted octanol–water partition coefficient (Wildman–Crippen LogP) is 3.20. The zero-order valence-electron chi connectivity index (χ0n) is 15.6. The molecule has 7 nitrogen and oxygen atoms in total. The van der Waals surface area contributed by atoms with Crippen molar-refractivity contribution in [2.24, 2.45) is 5.92 Å². The molecule has 0 spiro atoms. The van der Waals surface area contributed by atoms with Crippen LogP contribution in [-0.4, -0.2) is 46.1 Å². The summed E-state index contributed by atoms with van der Waals surface area (Å²) < 4.78 is 28.8. The van der Waals surface area contributed by atoms with E-state index in [-0.39, 0.29) is 23.2 Å². The summed E-state index contributed by atoms with van der Waals surface area (Å²) in [5.41, 5.74) is 2.46. The molecule has 2 aromatic heterocycles. The Hall–Kier alpha value is -2.13. The van der Waals surface area contributed by atoms with Crippen LogP contribution in [0.1, 0.15) is 35.3 Å².